The third-order valence-electron chi connectivity index (χ3n) is 5.56. The monoisotopic (exact) mass is 364 g/mol. The Morgan fingerprint density at radius 2 is 1.74 bits per heavy atom. The molecule has 6 heteroatoms. The minimum atomic E-state index is -0.108. The summed E-state index contributed by atoms with van der Waals surface area (Å²) in [5.41, 5.74) is 1.79. The van der Waals surface area contributed by atoms with Gasteiger partial charge in [0.05, 0.1) is 5.92 Å². The van der Waals surface area contributed by atoms with E-state index in [9.17, 15) is 9.59 Å². The maximum atomic E-state index is 12.8. The Balaban J connectivity index is 1.57. The molecule has 0 bridgehead atoms. The molecule has 3 heterocycles. The van der Waals surface area contributed by atoms with E-state index >= 15 is 0 Å². The zero-order valence-electron chi connectivity index (χ0n) is 15.3. The van der Waals surface area contributed by atoms with Gasteiger partial charge in [0.15, 0.2) is 0 Å². The first-order valence-corrected chi connectivity index (χ1v) is 9.53. The number of hydrogen-bond donors (Lipinski definition) is 1. The summed E-state index contributed by atoms with van der Waals surface area (Å²) in [6, 6.07) is 13.8. The van der Waals surface area contributed by atoms with Crippen LogP contribution >= 0.6 is 0 Å². The summed E-state index contributed by atoms with van der Waals surface area (Å²) >= 11 is 0. The lowest BCUT2D eigenvalue weighted by molar-refractivity contribution is -0.125. The normalized spacial score (nSPS) is 23.0. The van der Waals surface area contributed by atoms with Gasteiger partial charge in [-0.1, -0.05) is 18.2 Å². The molecule has 140 valence electrons. The highest BCUT2D eigenvalue weighted by atomic mass is 16.2. The lowest BCUT2D eigenvalue weighted by Crippen LogP contribution is -2.43. The van der Waals surface area contributed by atoms with Crippen LogP contribution in [0.4, 0.5) is 5.69 Å². The third kappa shape index (κ3) is 3.65. The smallest absolute Gasteiger partial charge is 0.253 e. The van der Waals surface area contributed by atoms with Crippen LogP contribution in [0.2, 0.25) is 0 Å². The number of likely N-dealkylation sites (tertiary alicyclic amines) is 1. The lowest BCUT2D eigenvalue weighted by Gasteiger charge is -2.34. The molecule has 4 rings (SSSR count). The molecule has 2 saturated heterocycles. The number of rotatable bonds is 2. The van der Waals surface area contributed by atoms with Gasteiger partial charge in [-0.3, -0.25) is 14.6 Å². The summed E-state index contributed by atoms with van der Waals surface area (Å²) in [5.74, 6) is 0.0140. The van der Waals surface area contributed by atoms with Crippen LogP contribution in [0.5, 0.6) is 0 Å². The molecule has 2 fully saturated rings. The molecular weight excluding hydrogens is 340 g/mol. The van der Waals surface area contributed by atoms with E-state index in [4.69, 9.17) is 0 Å². The van der Waals surface area contributed by atoms with Gasteiger partial charge in [0.1, 0.15) is 0 Å². The summed E-state index contributed by atoms with van der Waals surface area (Å²) < 4.78 is 0. The van der Waals surface area contributed by atoms with Crippen LogP contribution in [0, 0.1) is 5.92 Å². The van der Waals surface area contributed by atoms with Crippen molar-refractivity contribution in [3.05, 3.63) is 60.4 Å². The number of nitrogens with zero attached hydrogens (tertiary/aromatic N) is 3. The molecule has 0 spiro atoms. The molecule has 0 saturated carbocycles. The quantitative estimate of drug-likeness (QED) is 0.884. The standard InChI is InChI=1S/C21H24N4O2/c26-20-18-8-13-24(21(27)16-6-10-22-11-7-16)14-9-19(18)25(15-12-23-20)17-4-2-1-3-5-17/h1-7,10-11,18-19H,8-9,12-15H2,(H,23,26)/t18-,19+/m1/s1. The number of carbonyl (C=O) groups is 2. The summed E-state index contributed by atoms with van der Waals surface area (Å²) in [6.45, 7) is 2.69. The zero-order chi connectivity index (χ0) is 18.6. The molecule has 0 unspecified atom stereocenters. The Labute approximate surface area is 159 Å². The molecule has 2 amide bonds. The number of nitrogens with one attached hydrogen (secondary N) is 1. The summed E-state index contributed by atoms with van der Waals surface area (Å²) in [6.07, 6.45) is 4.74. The number of fused-ring (bicyclic) bond motifs is 1. The van der Waals surface area contributed by atoms with Gasteiger partial charge in [-0.15, -0.1) is 0 Å². The van der Waals surface area contributed by atoms with Crippen molar-refractivity contribution >= 4 is 17.5 Å². The Hall–Kier alpha value is -2.89. The zero-order valence-corrected chi connectivity index (χ0v) is 15.3. The first-order valence-electron chi connectivity index (χ1n) is 9.53. The van der Waals surface area contributed by atoms with Crippen LogP contribution in [0.1, 0.15) is 23.2 Å². The van der Waals surface area contributed by atoms with Gasteiger partial charge in [-0.05, 0) is 37.1 Å². The van der Waals surface area contributed by atoms with Crippen molar-refractivity contribution in [2.24, 2.45) is 5.92 Å². The number of pyridine rings is 1. The molecule has 1 N–H and O–H groups in total. The molecular formula is C21H24N4O2. The molecule has 2 aliphatic heterocycles. The fourth-order valence-corrected chi connectivity index (χ4v) is 4.18. The average Bonchev–Trinajstić information content (AvgIpc) is 3.03. The van der Waals surface area contributed by atoms with Crippen LogP contribution in [0.15, 0.2) is 54.9 Å². The van der Waals surface area contributed by atoms with Gasteiger partial charge in [-0.2, -0.15) is 0 Å². The Morgan fingerprint density at radius 1 is 1.00 bits per heavy atom. The predicted molar refractivity (Wildman–Crippen MR) is 103 cm³/mol. The van der Waals surface area contributed by atoms with Gasteiger partial charge in [-0.25, -0.2) is 0 Å². The largest absolute Gasteiger partial charge is 0.366 e. The fraction of sp³-hybridized carbons (Fsp3) is 0.381. The van der Waals surface area contributed by atoms with Crippen LogP contribution < -0.4 is 10.2 Å². The van der Waals surface area contributed by atoms with Gasteiger partial charge in [0, 0.05) is 55.9 Å². The molecule has 2 aromatic rings. The van der Waals surface area contributed by atoms with E-state index < -0.39 is 0 Å². The van der Waals surface area contributed by atoms with Crippen molar-refractivity contribution in [1.29, 1.82) is 0 Å². The highest BCUT2D eigenvalue weighted by molar-refractivity contribution is 5.94. The van der Waals surface area contributed by atoms with Crippen molar-refractivity contribution in [2.75, 3.05) is 31.1 Å². The topological polar surface area (TPSA) is 65.5 Å². The minimum absolute atomic E-state index is 0.0144. The van der Waals surface area contributed by atoms with Crippen LogP contribution in [0.25, 0.3) is 0 Å². The molecule has 1 aromatic heterocycles. The van der Waals surface area contributed by atoms with Gasteiger partial charge in [0.25, 0.3) is 5.91 Å². The van der Waals surface area contributed by atoms with E-state index in [0.717, 1.165) is 18.7 Å². The molecule has 2 atom stereocenters. The minimum Gasteiger partial charge on any atom is -0.366 e. The maximum Gasteiger partial charge on any atom is 0.253 e. The van der Waals surface area contributed by atoms with E-state index in [0.29, 0.717) is 31.6 Å². The molecule has 0 radical (unpaired) electrons. The summed E-state index contributed by atoms with van der Waals surface area (Å²) in [5, 5.41) is 3.05. The SMILES string of the molecule is O=C1NCCN(c2ccccc2)[C@H]2CCN(C(=O)c3ccncc3)CC[C@@H]12. The number of aromatic nitrogens is 1. The number of amides is 2. The Kier molecular flexibility index (Phi) is 5.05. The van der Waals surface area contributed by atoms with Gasteiger partial charge in [0.2, 0.25) is 5.91 Å². The van der Waals surface area contributed by atoms with E-state index in [-0.39, 0.29) is 23.8 Å². The van der Waals surface area contributed by atoms with Crippen molar-refractivity contribution in [3.8, 4) is 0 Å². The van der Waals surface area contributed by atoms with Crippen molar-refractivity contribution in [1.82, 2.24) is 15.2 Å². The average molecular weight is 364 g/mol. The predicted octanol–water partition coefficient (Wildman–Crippen LogP) is 1.94. The first kappa shape index (κ1) is 17.5. The molecule has 27 heavy (non-hydrogen) atoms. The third-order valence-corrected chi connectivity index (χ3v) is 5.56. The molecule has 0 aliphatic carbocycles. The Morgan fingerprint density at radius 3 is 2.52 bits per heavy atom. The maximum absolute atomic E-state index is 12.8. The number of benzene rings is 1. The summed E-state index contributed by atoms with van der Waals surface area (Å²) in [4.78, 5) is 33.7. The van der Waals surface area contributed by atoms with E-state index in [1.165, 1.54) is 0 Å². The van der Waals surface area contributed by atoms with E-state index in [1.807, 2.05) is 23.1 Å². The summed E-state index contributed by atoms with van der Waals surface area (Å²) in [7, 11) is 0. The number of carbonyl (C=O) groups excluding carboxylic acids is 2. The van der Waals surface area contributed by atoms with E-state index in [1.54, 1.807) is 24.5 Å². The van der Waals surface area contributed by atoms with Gasteiger partial charge < -0.3 is 15.1 Å². The first-order chi connectivity index (χ1) is 13.2. The number of anilines is 1. The van der Waals surface area contributed by atoms with Crippen LogP contribution in [-0.2, 0) is 4.79 Å². The number of para-hydroxylation sites is 1. The van der Waals surface area contributed by atoms with Crippen molar-refractivity contribution < 1.29 is 9.59 Å². The molecule has 1 aromatic carbocycles. The Bertz CT molecular complexity index is 796. The van der Waals surface area contributed by atoms with Crippen molar-refractivity contribution in [2.45, 2.75) is 18.9 Å². The highest BCUT2D eigenvalue weighted by Gasteiger charge is 2.38. The van der Waals surface area contributed by atoms with E-state index in [2.05, 4.69) is 27.3 Å². The van der Waals surface area contributed by atoms with Crippen LogP contribution in [0.3, 0.4) is 0 Å². The highest BCUT2D eigenvalue weighted by Crippen LogP contribution is 2.29. The second-order valence-corrected chi connectivity index (χ2v) is 7.10. The van der Waals surface area contributed by atoms with Gasteiger partial charge >= 0.3 is 0 Å². The van der Waals surface area contributed by atoms with Crippen LogP contribution in [-0.4, -0.2) is 53.9 Å². The second-order valence-electron chi connectivity index (χ2n) is 7.10. The molecule has 6 nitrogen and oxygen atoms in total. The molecule has 2 aliphatic rings. The van der Waals surface area contributed by atoms with Crippen molar-refractivity contribution in [3.63, 3.8) is 0 Å². The lowest BCUT2D eigenvalue weighted by atomic mass is 9.92. The second kappa shape index (κ2) is 7.78. The fourth-order valence-electron chi connectivity index (χ4n) is 4.18. The number of hydrogen-bond acceptors (Lipinski definition) is 4.